The van der Waals surface area contributed by atoms with Crippen LogP contribution in [0.4, 0.5) is 0 Å². The molecular weight excluding hydrogens is 150 g/mol. The summed E-state index contributed by atoms with van der Waals surface area (Å²) in [6, 6.07) is 0. The molecule has 2 N–H and O–H groups in total. The Morgan fingerprint density at radius 1 is 1.42 bits per heavy atom. The van der Waals surface area contributed by atoms with Crippen LogP contribution in [0, 0.1) is 11.3 Å². The summed E-state index contributed by atoms with van der Waals surface area (Å²) in [5, 5.41) is 0. The average molecular weight is 169 g/mol. The summed E-state index contributed by atoms with van der Waals surface area (Å²) in [5.41, 5.74) is 6.04. The fourth-order valence-corrected chi connectivity index (χ4v) is 2.61. The van der Waals surface area contributed by atoms with Gasteiger partial charge in [-0.3, -0.25) is 0 Å². The Kier molecular flexibility index (Phi) is 1.92. The van der Waals surface area contributed by atoms with E-state index in [1.54, 1.807) is 0 Å². The number of ether oxygens (including phenoxy) is 1. The number of rotatable bonds is 2. The molecule has 2 bridgehead atoms. The van der Waals surface area contributed by atoms with E-state index in [2.05, 4.69) is 13.8 Å². The first-order chi connectivity index (χ1) is 5.63. The zero-order chi connectivity index (χ0) is 8.77. The van der Waals surface area contributed by atoms with E-state index in [4.69, 9.17) is 10.5 Å². The van der Waals surface area contributed by atoms with Crippen LogP contribution in [0.1, 0.15) is 33.1 Å². The van der Waals surface area contributed by atoms with Gasteiger partial charge < -0.3 is 10.5 Å². The molecule has 0 aromatic rings. The summed E-state index contributed by atoms with van der Waals surface area (Å²) in [7, 11) is 0. The zero-order valence-corrected chi connectivity index (χ0v) is 8.05. The Balaban J connectivity index is 2.06. The summed E-state index contributed by atoms with van der Waals surface area (Å²) in [5.74, 6) is 0.709. The third kappa shape index (κ3) is 1.17. The molecule has 2 aliphatic heterocycles. The zero-order valence-electron chi connectivity index (χ0n) is 8.05. The molecule has 0 aromatic carbocycles. The highest BCUT2D eigenvalue weighted by molar-refractivity contribution is 4.96. The van der Waals surface area contributed by atoms with Gasteiger partial charge in [0.1, 0.15) is 0 Å². The van der Waals surface area contributed by atoms with Crippen molar-refractivity contribution in [1.82, 2.24) is 0 Å². The molecule has 12 heavy (non-hydrogen) atoms. The molecule has 0 aliphatic carbocycles. The van der Waals surface area contributed by atoms with Crippen molar-refractivity contribution < 1.29 is 4.74 Å². The van der Waals surface area contributed by atoms with E-state index in [1.807, 2.05) is 0 Å². The molecule has 2 fully saturated rings. The van der Waals surface area contributed by atoms with Gasteiger partial charge in [-0.2, -0.15) is 0 Å². The molecule has 70 valence electrons. The van der Waals surface area contributed by atoms with Crippen LogP contribution in [0.15, 0.2) is 0 Å². The average Bonchev–Trinajstić information content (AvgIpc) is 2.64. The Hall–Kier alpha value is -0.0800. The minimum absolute atomic E-state index is 0.278. The summed E-state index contributed by atoms with van der Waals surface area (Å²) in [6.45, 7) is 5.31. The SMILES string of the molecule is CC(C)(CN)C1CC2CCC1O2. The molecule has 0 radical (unpaired) electrons. The van der Waals surface area contributed by atoms with Crippen LogP contribution in [0.5, 0.6) is 0 Å². The van der Waals surface area contributed by atoms with E-state index < -0.39 is 0 Å². The van der Waals surface area contributed by atoms with Crippen molar-refractivity contribution in [1.29, 1.82) is 0 Å². The van der Waals surface area contributed by atoms with E-state index in [0.29, 0.717) is 18.1 Å². The quantitative estimate of drug-likeness (QED) is 0.680. The van der Waals surface area contributed by atoms with Gasteiger partial charge in [-0.1, -0.05) is 13.8 Å². The Morgan fingerprint density at radius 3 is 2.58 bits per heavy atom. The molecule has 3 unspecified atom stereocenters. The van der Waals surface area contributed by atoms with E-state index in [-0.39, 0.29) is 5.41 Å². The maximum atomic E-state index is 5.82. The van der Waals surface area contributed by atoms with Crippen molar-refractivity contribution in [3.63, 3.8) is 0 Å². The molecule has 2 heteroatoms. The van der Waals surface area contributed by atoms with Gasteiger partial charge in [0.25, 0.3) is 0 Å². The highest BCUT2D eigenvalue weighted by atomic mass is 16.5. The number of nitrogens with two attached hydrogens (primary N) is 1. The molecule has 0 saturated carbocycles. The number of hydrogen-bond donors (Lipinski definition) is 1. The molecule has 0 aromatic heterocycles. The van der Waals surface area contributed by atoms with Crippen LogP contribution in [-0.2, 0) is 4.74 Å². The summed E-state index contributed by atoms with van der Waals surface area (Å²) < 4.78 is 5.82. The van der Waals surface area contributed by atoms with Gasteiger partial charge >= 0.3 is 0 Å². The third-order valence-electron chi connectivity index (χ3n) is 3.64. The Labute approximate surface area is 74.5 Å². The summed E-state index contributed by atoms with van der Waals surface area (Å²) in [6.07, 6.45) is 4.87. The maximum Gasteiger partial charge on any atom is 0.0614 e. The topological polar surface area (TPSA) is 35.2 Å². The first kappa shape index (κ1) is 8.52. The predicted octanol–water partition coefficient (Wildman–Crippen LogP) is 1.54. The number of hydrogen-bond acceptors (Lipinski definition) is 2. The highest BCUT2D eigenvalue weighted by Gasteiger charge is 2.46. The lowest BCUT2D eigenvalue weighted by Gasteiger charge is -2.34. The van der Waals surface area contributed by atoms with Crippen molar-refractivity contribution in [2.75, 3.05) is 6.54 Å². The lowest BCUT2D eigenvalue weighted by molar-refractivity contribution is 0.0657. The molecule has 2 aliphatic rings. The molecule has 2 saturated heterocycles. The van der Waals surface area contributed by atoms with Gasteiger partial charge in [0.15, 0.2) is 0 Å². The Morgan fingerprint density at radius 2 is 2.17 bits per heavy atom. The second-order valence-electron chi connectivity index (χ2n) is 4.91. The van der Waals surface area contributed by atoms with Crippen molar-refractivity contribution in [3.05, 3.63) is 0 Å². The third-order valence-corrected chi connectivity index (χ3v) is 3.64. The van der Waals surface area contributed by atoms with Crippen molar-refractivity contribution >= 4 is 0 Å². The van der Waals surface area contributed by atoms with Gasteiger partial charge in [-0.25, -0.2) is 0 Å². The van der Waals surface area contributed by atoms with E-state index in [1.165, 1.54) is 19.3 Å². The molecule has 0 amide bonds. The van der Waals surface area contributed by atoms with Crippen LogP contribution in [0.3, 0.4) is 0 Å². The normalized spacial score (nSPS) is 40.8. The molecule has 2 rings (SSSR count). The lowest BCUT2D eigenvalue weighted by Crippen LogP contribution is -2.37. The smallest absolute Gasteiger partial charge is 0.0614 e. The van der Waals surface area contributed by atoms with Crippen LogP contribution in [0.25, 0.3) is 0 Å². The largest absolute Gasteiger partial charge is 0.375 e. The molecule has 0 spiro atoms. The second kappa shape index (κ2) is 2.71. The minimum Gasteiger partial charge on any atom is -0.375 e. The first-order valence-electron chi connectivity index (χ1n) is 4.99. The van der Waals surface area contributed by atoms with Gasteiger partial charge in [0.2, 0.25) is 0 Å². The molecule has 2 heterocycles. The summed E-state index contributed by atoms with van der Waals surface area (Å²) >= 11 is 0. The second-order valence-corrected chi connectivity index (χ2v) is 4.91. The van der Waals surface area contributed by atoms with Gasteiger partial charge in [-0.05, 0) is 37.1 Å². The predicted molar refractivity (Wildman–Crippen MR) is 48.8 cm³/mol. The fourth-order valence-electron chi connectivity index (χ4n) is 2.61. The van der Waals surface area contributed by atoms with Crippen LogP contribution in [0.2, 0.25) is 0 Å². The monoisotopic (exact) mass is 169 g/mol. The maximum absolute atomic E-state index is 5.82. The van der Waals surface area contributed by atoms with E-state index in [0.717, 1.165) is 6.54 Å². The fraction of sp³-hybridized carbons (Fsp3) is 1.00. The van der Waals surface area contributed by atoms with Crippen LogP contribution >= 0.6 is 0 Å². The van der Waals surface area contributed by atoms with Gasteiger partial charge in [-0.15, -0.1) is 0 Å². The lowest BCUT2D eigenvalue weighted by atomic mass is 9.71. The number of fused-ring (bicyclic) bond motifs is 2. The van der Waals surface area contributed by atoms with Gasteiger partial charge in [0.05, 0.1) is 12.2 Å². The molecule has 2 nitrogen and oxygen atoms in total. The first-order valence-corrected chi connectivity index (χ1v) is 4.99. The van der Waals surface area contributed by atoms with Crippen LogP contribution < -0.4 is 5.73 Å². The Bertz CT molecular complexity index is 179. The van der Waals surface area contributed by atoms with Crippen molar-refractivity contribution in [2.24, 2.45) is 17.1 Å². The standard InChI is InChI=1S/C10H19NO/c1-10(2,6-11)8-5-7-3-4-9(8)12-7/h7-9H,3-6,11H2,1-2H3. The molecule has 3 atom stereocenters. The van der Waals surface area contributed by atoms with E-state index in [9.17, 15) is 0 Å². The molecular formula is C10H19NO. The highest BCUT2D eigenvalue weighted by Crippen LogP contribution is 2.46. The van der Waals surface area contributed by atoms with Crippen molar-refractivity contribution in [2.45, 2.75) is 45.3 Å². The van der Waals surface area contributed by atoms with Gasteiger partial charge in [0, 0.05) is 0 Å². The minimum atomic E-state index is 0.278. The van der Waals surface area contributed by atoms with Crippen molar-refractivity contribution in [3.8, 4) is 0 Å². The van der Waals surface area contributed by atoms with Crippen LogP contribution in [-0.4, -0.2) is 18.8 Å². The van der Waals surface area contributed by atoms with E-state index >= 15 is 0 Å². The summed E-state index contributed by atoms with van der Waals surface area (Å²) in [4.78, 5) is 0.